The Kier molecular flexibility index (Phi) is 5.42. The fourth-order valence-corrected chi connectivity index (χ4v) is 4.77. The summed E-state index contributed by atoms with van der Waals surface area (Å²) in [6.07, 6.45) is 1.63. The van der Waals surface area contributed by atoms with Crippen molar-refractivity contribution in [3.05, 3.63) is 75.5 Å². The second-order valence-electron chi connectivity index (χ2n) is 7.69. The van der Waals surface area contributed by atoms with E-state index >= 15 is 0 Å². The van der Waals surface area contributed by atoms with Crippen molar-refractivity contribution in [3.63, 3.8) is 0 Å². The predicted molar refractivity (Wildman–Crippen MR) is 123 cm³/mol. The Balaban J connectivity index is 1.34. The van der Waals surface area contributed by atoms with Gasteiger partial charge < -0.3 is 15.0 Å². The molecule has 4 heterocycles. The van der Waals surface area contributed by atoms with Crippen LogP contribution in [0.4, 0.5) is 0 Å². The smallest absolute Gasteiger partial charge is 0.269 e. The lowest BCUT2D eigenvalue weighted by Gasteiger charge is -2.34. The number of hydrogen-bond donors (Lipinski definition) is 2. The lowest BCUT2D eigenvalue weighted by molar-refractivity contribution is 0.0630. The highest BCUT2D eigenvalue weighted by atomic mass is 32.1. The third-order valence-corrected chi connectivity index (χ3v) is 6.51. The van der Waals surface area contributed by atoms with E-state index in [2.05, 4.69) is 19.9 Å². The minimum atomic E-state index is -0.268. The van der Waals surface area contributed by atoms with Crippen LogP contribution in [0.5, 0.6) is 5.75 Å². The second kappa shape index (κ2) is 8.52. The standard InChI is InChI=1S/C23H21N5O3S/c29-16-5-3-4-15(12-16)13-27-8-10-28(11-9-27)23(31)17-14-32-20-19(17)25-21(26-22(20)30)18-6-1-2-7-24-18/h1-7,12,14,29H,8-11,13H2,(H,25,26,30). The van der Waals surface area contributed by atoms with Crippen LogP contribution < -0.4 is 5.56 Å². The number of nitrogens with zero attached hydrogens (tertiary/aromatic N) is 4. The van der Waals surface area contributed by atoms with Crippen molar-refractivity contribution in [1.29, 1.82) is 0 Å². The van der Waals surface area contributed by atoms with E-state index in [9.17, 15) is 14.7 Å². The Labute approximate surface area is 187 Å². The summed E-state index contributed by atoms with van der Waals surface area (Å²) in [6.45, 7) is 3.37. The predicted octanol–water partition coefficient (Wildman–Crippen LogP) is 2.71. The number of benzene rings is 1. The third kappa shape index (κ3) is 4.00. The van der Waals surface area contributed by atoms with E-state index in [1.54, 1.807) is 35.8 Å². The summed E-state index contributed by atoms with van der Waals surface area (Å²) in [4.78, 5) is 41.5. The van der Waals surface area contributed by atoms with Crippen molar-refractivity contribution in [2.75, 3.05) is 26.2 Å². The highest BCUT2D eigenvalue weighted by Gasteiger charge is 2.25. The summed E-state index contributed by atoms with van der Waals surface area (Å²) in [5, 5.41) is 11.4. The van der Waals surface area contributed by atoms with E-state index in [0.717, 1.165) is 25.2 Å². The molecule has 0 saturated carbocycles. The fraction of sp³-hybridized carbons (Fsp3) is 0.217. The molecule has 1 aromatic carbocycles. The lowest BCUT2D eigenvalue weighted by atomic mass is 10.1. The summed E-state index contributed by atoms with van der Waals surface area (Å²) in [5.74, 6) is 0.498. The van der Waals surface area contributed by atoms with Crippen LogP contribution in [0.1, 0.15) is 15.9 Å². The number of aromatic nitrogens is 3. The van der Waals surface area contributed by atoms with Gasteiger partial charge in [0.1, 0.15) is 21.7 Å². The summed E-state index contributed by atoms with van der Waals surface area (Å²) in [7, 11) is 0. The minimum absolute atomic E-state index is 0.113. The van der Waals surface area contributed by atoms with Crippen LogP contribution in [0.15, 0.2) is 58.8 Å². The first-order chi connectivity index (χ1) is 15.6. The largest absolute Gasteiger partial charge is 0.508 e. The number of rotatable bonds is 4. The van der Waals surface area contributed by atoms with Crippen LogP contribution in [0.2, 0.25) is 0 Å². The molecule has 1 saturated heterocycles. The Morgan fingerprint density at radius 2 is 1.97 bits per heavy atom. The lowest BCUT2D eigenvalue weighted by Crippen LogP contribution is -2.48. The molecule has 3 aromatic heterocycles. The zero-order valence-electron chi connectivity index (χ0n) is 17.2. The first-order valence-corrected chi connectivity index (χ1v) is 11.2. The maximum Gasteiger partial charge on any atom is 0.269 e. The second-order valence-corrected chi connectivity index (χ2v) is 8.57. The molecule has 32 heavy (non-hydrogen) atoms. The molecular weight excluding hydrogens is 426 g/mol. The first kappa shape index (κ1) is 20.3. The van der Waals surface area contributed by atoms with E-state index in [-0.39, 0.29) is 17.2 Å². The number of H-pyrrole nitrogens is 1. The molecule has 0 aliphatic carbocycles. The van der Waals surface area contributed by atoms with Gasteiger partial charge in [0, 0.05) is 44.3 Å². The maximum atomic E-state index is 13.3. The zero-order valence-corrected chi connectivity index (χ0v) is 18.0. The number of aromatic hydroxyl groups is 1. The average molecular weight is 448 g/mol. The number of nitrogens with one attached hydrogen (secondary N) is 1. The number of pyridine rings is 1. The minimum Gasteiger partial charge on any atom is -0.508 e. The van der Waals surface area contributed by atoms with Gasteiger partial charge in [-0.05, 0) is 29.8 Å². The van der Waals surface area contributed by atoms with Gasteiger partial charge in [0.15, 0.2) is 5.82 Å². The number of carbonyl (C=O) groups is 1. The van der Waals surface area contributed by atoms with Crippen LogP contribution in [-0.4, -0.2) is 61.9 Å². The molecule has 0 bridgehead atoms. The van der Waals surface area contributed by atoms with Gasteiger partial charge in [-0.1, -0.05) is 18.2 Å². The Bertz CT molecular complexity index is 1330. The van der Waals surface area contributed by atoms with E-state index in [0.29, 0.717) is 40.4 Å². The molecule has 0 spiro atoms. The Hall–Kier alpha value is -3.56. The van der Waals surface area contributed by atoms with Crippen molar-refractivity contribution in [2.24, 2.45) is 0 Å². The number of fused-ring (bicyclic) bond motifs is 1. The van der Waals surface area contributed by atoms with Gasteiger partial charge in [0.05, 0.1) is 5.56 Å². The molecule has 2 N–H and O–H groups in total. The molecule has 162 valence electrons. The quantitative estimate of drug-likeness (QED) is 0.499. The topological polar surface area (TPSA) is 102 Å². The number of thiophene rings is 1. The van der Waals surface area contributed by atoms with Crippen LogP contribution in [0.25, 0.3) is 21.7 Å². The van der Waals surface area contributed by atoms with Gasteiger partial charge in [-0.25, -0.2) is 4.98 Å². The number of hydrogen-bond acceptors (Lipinski definition) is 7. The monoisotopic (exact) mass is 447 g/mol. The van der Waals surface area contributed by atoms with Gasteiger partial charge in [-0.3, -0.25) is 19.5 Å². The molecule has 0 radical (unpaired) electrons. The number of piperazine rings is 1. The normalized spacial score (nSPS) is 14.7. The van der Waals surface area contributed by atoms with Crippen molar-refractivity contribution >= 4 is 27.5 Å². The molecule has 0 atom stereocenters. The molecule has 1 fully saturated rings. The number of phenols is 1. The number of phenolic OH excluding ortho intramolecular Hbond substituents is 1. The first-order valence-electron chi connectivity index (χ1n) is 10.3. The van der Waals surface area contributed by atoms with Gasteiger partial charge in [0.25, 0.3) is 11.5 Å². The number of carbonyl (C=O) groups excluding carboxylic acids is 1. The Morgan fingerprint density at radius 1 is 1.12 bits per heavy atom. The van der Waals surface area contributed by atoms with E-state index < -0.39 is 0 Å². The summed E-state index contributed by atoms with van der Waals surface area (Å²) < 4.78 is 0.440. The summed E-state index contributed by atoms with van der Waals surface area (Å²) >= 11 is 1.23. The Morgan fingerprint density at radius 3 is 2.72 bits per heavy atom. The van der Waals surface area contributed by atoms with Crippen LogP contribution >= 0.6 is 11.3 Å². The van der Waals surface area contributed by atoms with Crippen LogP contribution in [-0.2, 0) is 6.54 Å². The molecule has 5 rings (SSSR count). The third-order valence-electron chi connectivity index (χ3n) is 5.54. The van der Waals surface area contributed by atoms with Crippen molar-refractivity contribution in [2.45, 2.75) is 6.54 Å². The number of amides is 1. The molecule has 8 nitrogen and oxygen atoms in total. The SMILES string of the molecule is O=C(c1csc2c(=O)[nH]c(-c3ccccn3)nc12)N1CCN(Cc2cccc(O)c2)CC1. The highest BCUT2D eigenvalue weighted by molar-refractivity contribution is 7.17. The molecular formula is C23H21N5O3S. The molecule has 9 heteroatoms. The van der Waals surface area contributed by atoms with Crippen molar-refractivity contribution in [3.8, 4) is 17.3 Å². The molecule has 1 amide bonds. The van der Waals surface area contributed by atoms with Gasteiger partial charge in [-0.2, -0.15) is 0 Å². The van der Waals surface area contributed by atoms with Crippen molar-refractivity contribution in [1.82, 2.24) is 24.8 Å². The fourth-order valence-electron chi connectivity index (χ4n) is 3.90. The van der Waals surface area contributed by atoms with Gasteiger partial charge in [-0.15, -0.1) is 11.3 Å². The maximum absolute atomic E-state index is 13.3. The molecule has 1 aliphatic rings. The number of aromatic amines is 1. The highest BCUT2D eigenvalue weighted by Crippen LogP contribution is 2.25. The molecule has 0 unspecified atom stereocenters. The molecule has 4 aromatic rings. The zero-order chi connectivity index (χ0) is 22.1. The summed E-state index contributed by atoms with van der Waals surface area (Å²) in [5.41, 5.74) is 2.20. The van der Waals surface area contributed by atoms with Crippen LogP contribution in [0.3, 0.4) is 0 Å². The van der Waals surface area contributed by atoms with Crippen LogP contribution in [0, 0.1) is 0 Å². The average Bonchev–Trinajstić information content (AvgIpc) is 3.24. The van der Waals surface area contributed by atoms with E-state index in [1.165, 1.54) is 11.3 Å². The summed E-state index contributed by atoms with van der Waals surface area (Å²) in [6, 6.07) is 12.6. The molecule has 1 aliphatic heterocycles. The van der Waals surface area contributed by atoms with Gasteiger partial charge >= 0.3 is 0 Å². The van der Waals surface area contributed by atoms with E-state index in [4.69, 9.17) is 0 Å². The van der Waals surface area contributed by atoms with Gasteiger partial charge in [0.2, 0.25) is 0 Å². The van der Waals surface area contributed by atoms with Crippen molar-refractivity contribution < 1.29 is 9.90 Å². The van der Waals surface area contributed by atoms with E-state index in [1.807, 2.05) is 23.1 Å².